The lowest BCUT2D eigenvalue weighted by atomic mass is 9.88. The van der Waals surface area contributed by atoms with Crippen molar-refractivity contribution in [2.24, 2.45) is 5.73 Å². The van der Waals surface area contributed by atoms with Gasteiger partial charge in [-0.15, -0.1) is 0 Å². The third kappa shape index (κ3) is 4.27. The van der Waals surface area contributed by atoms with Gasteiger partial charge in [-0.1, -0.05) is 13.0 Å². The number of phenolic OH excluding ortho intramolecular Hbond substituents is 1. The number of benzene rings is 2. The van der Waals surface area contributed by atoms with Crippen LogP contribution in [-0.4, -0.2) is 70.8 Å². The molecule has 3 aromatic rings. The minimum Gasteiger partial charge on any atom is -0.508 e. The Labute approximate surface area is 242 Å². The summed E-state index contributed by atoms with van der Waals surface area (Å²) in [4.78, 5) is 41.2. The number of aromatic hydroxyl groups is 1. The average Bonchev–Trinajstić information content (AvgIpc) is 3.21. The van der Waals surface area contributed by atoms with Crippen LogP contribution in [0.3, 0.4) is 0 Å². The molecule has 3 fully saturated rings. The van der Waals surface area contributed by atoms with Gasteiger partial charge >= 0.3 is 6.03 Å². The average molecular weight is 575 g/mol. The predicted molar refractivity (Wildman–Crippen MR) is 157 cm³/mol. The number of piperidine rings is 1. The summed E-state index contributed by atoms with van der Waals surface area (Å²) in [6, 6.07) is 6.08. The zero-order chi connectivity index (χ0) is 29.4. The van der Waals surface area contributed by atoms with E-state index in [2.05, 4.69) is 25.3 Å². The van der Waals surface area contributed by atoms with E-state index < -0.39 is 11.6 Å². The smallest absolute Gasteiger partial charge is 0.322 e. The number of urea groups is 1. The number of carbonyl (C=O) groups excluding carboxylic acids is 2. The number of aryl methyl sites for hydroxylation is 1. The van der Waals surface area contributed by atoms with Crippen molar-refractivity contribution in [3.05, 3.63) is 46.9 Å². The van der Waals surface area contributed by atoms with Gasteiger partial charge in [0.05, 0.1) is 18.8 Å². The van der Waals surface area contributed by atoms with Crippen LogP contribution in [0.2, 0.25) is 0 Å². The molecule has 0 radical (unpaired) electrons. The van der Waals surface area contributed by atoms with Gasteiger partial charge in [-0.3, -0.25) is 10.1 Å². The molecule has 12 heteroatoms. The number of rotatable bonds is 4. The second kappa shape index (κ2) is 9.41. The Morgan fingerprint density at radius 3 is 2.62 bits per heavy atom. The number of hydrogen-bond acceptors (Lipinski definition) is 9. The molecule has 220 valence electrons. The fraction of sp³-hybridized carbons (Fsp3) is 0.467. The van der Waals surface area contributed by atoms with Crippen LogP contribution < -0.4 is 31.1 Å². The lowest BCUT2D eigenvalue weighted by molar-refractivity contribution is -0.124. The van der Waals surface area contributed by atoms with Gasteiger partial charge in [-0.05, 0) is 55.7 Å². The molecule has 1 atom stereocenters. The zero-order valence-corrected chi connectivity index (χ0v) is 23.8. The minimum absolute atomic E-state index is 0.124. The normalized spacial score (nSPS) is 23.2. The number of nitrogens with one attached hydrogen (secondary N) is 2. The summed E-state index contributed by atoms with van der Waals surface area (Å²) >= 11 is 0. The van der Waals surface area contributed by atoms with E-state index in [-0.39, 0.29) is 23.0 Å². The Balaban J connectivity index is 1.30. The Hall–Kier alpha value is -4.19. The van der Waals surface area contributed by atoms with Crippen LogP contribution in [0.5, 0.6) is 5.75 Å². The van der Waals surface area contributed by atoms with Crippen molar-refractivity contribution >= 4 is 40.2 Å². The Morgan fingerprint density at radius 2 is 1.90 bits per heavy atom. The summed E-state index contributed by atoms with van der Waals surface area (Å²) in [6.07, 6.45) is 2.43. The summed E-state index contributed by atoms with van der Waals surface area (Å²) in [7, 11) is 0. The molecule has 4 aliphatic heterocycles. The number of carbonyl (C=O) groups is 2. The number of halogens is 1. The molecular formula is C30H35FN8O3. The van der Waals surface area contributed by atoms with Crippen LogP contribution in [0.4, 0.5) is 26.6 Å². The molecule has 5 heterocycles. The molecule has 1 spiro atoms. The van der Waals surface area contributed by atoms with Crippen LogP contribution in [0.25, 0.3) is 10.8 Å². The third-order valence-electron chi connectivity index (χ3n) is 9.05. The molecule has 2 aromatic carbocycles. The van der Waals surface area contributed by atoms with Crippen LogP contribution >= 0.6 is 0 Å². The van der Waals surface area contributed by atoms with E-state index in [9.17, 15) is 19.1 Å². The number of nitrogens with two attached hydrogens (primary N) is 1. The predicted octanol–water partition coefficient (Wildman–Crippen LogP) is 2.32. The van der Waals surface area contributed by atoms with E-state index in [1.165, 1.54) is 6.07 Å². The standard InChI is InChI=1S/C30H35FN8O3/c1-3-19-21(31)6-5-17-11-18(40)12-23(24(17)19)37-10-7-20-22(13-37)33-27(39-14-29(2,32)15-39)34-25(20)38-9-4-8-30(16-38)26(41)35-28(42)36-30/h5-6,11-12,40H,3-4,7-10,13-16,32H2,1-2H3,(H2,35,36,41,42). The molecule has 7 rings (SSSR count). The number of phenols is 1. The number of anilines is 3. The monoisotopic (exact) mass is 574 g/mol. The first-order valence-corrected chi connectivity index (χ1v) is 14.6. The largest absolute Gasteiger partial charge is 0.508 e. The van der Waals surface area contributed by atoms with E-state index in [1.54, 1.807) is 18.2 Å². The van der Waals surface area contributed by atoms with Gasteiger partial charge in [0, 0.05) is 54.4 Å². The molecule has 3 saturated heterocycles. The van der Waals surface area contributed by atoms with Crippen LogP contribution in [-0.2, 0) is 24.2 Å². The number of aromatic nitrogens is 2. The highest BCUT2D eigenvalue weighted by Crippen LogP contribution is 2.40. The van der Waals surface area contributed by atoms with Gasteiger partial charge in [0.1, 0.15) is 22.9 Å². The summed E-state index contributed by atoms with van der Waals surface area (Å²) in [5.74, 6) is 0.914. The maximum Gasteiger partial charge on any atom is 0.322 e. The lowest BCUT2D eigenvalue weighted by Crippen LogP contribution is -2.66. The number of nitrogens with zero attached hydrogens (tertiary/aromatic N) is 5. The van der Waals surface area contributed by atoms with E-state index in [1.807, 2.05) is 13.8 Å². The Kier molecular flexibility index (Phi) is 5.98. The second-order valence-corrected chi connectivity index (χ2v) is 12.4. The maximum absolute atomic E-state index is 14.9. The highest BCUT2D eigenvalue weighted by Gasteiger charge is 2.49. The van der Waals surface area contributed by atoms with Crippen LogP contribution in [0, 0.1) is 5.82 Å². The number of imide groups is 1. The van der Waals surface area contributed by atoms with Gasteiger partial charge < -0.3 is 30.9 Å². The number of amides is 3. The number of fused-ring (bicyclic) bond motifs is 2. The van der Waals surface area contributed by atoms with Gasteiger partial charge in [0.2, 0.25) is 5.95 Å². The zero-order valence-electron chi connectivity index (χ0n) is 23.8. The molecule has 11 nitrogen and oxygen atoms in total. The van der Waals surface area contributed by atoms with Gasteiger partial charge in [-0.2, -0.15) is 4.98 Å². The van der Waals surface area contributed by atoms with Gasteiger partial charge in [0.15, 0.2) is 0 Å². The molecular weight excluding hydrogens is 539 g/mol. The highest BCUT2D eigenvalue weighted by atomic mass is 19.1. The topological polar surface area (TPSA) is 140 Å². The Morgan fingerprint density at radius 1 is 1.10 bits per heavy atom. The molecule has 42 heavy (non-hydrogen) atoms. The van der Waals surface area contributed by atoms with Gasteiger partial charge in [0.25, 0.3) is 5.91 Å². The van der Waals surface area contributed by atoms with Crippen molar-refractivity contribution in [2.75, 3.05) is 47.4 Å². The van der Waals surface area contributed by atoms with Crippen molar-refractivity contribution in [1.29, 1.82) is 0 Å². The van der Waals surface area contributed by atoms with Crippen LogP contribution in [0.15, 0.2) is 24.3 Å². The molecule has 0 saturated carbocycles. The first-order chi connectivity index (χ1) is 20.1. The summed E-state index contributed by atoms with van der Waals surface area (Å²) in [5, 5.41) is 17.4. The third-order valence-corrected chi connectivity index (χ3v) is 9.05. The van der Waals surface area contributed by atoms with Gasteiger partial charge in [-0.25, -0.2) is 14.2 Å². The first-order valence-electron chi connectivity index (χ1n) is 14.6. The molecule has 0 bridgehead atoms. The van der Waals surface area contributed by atoms with Crippen molar-refractivity contribution in [2.45, 2.75) is 57.2 Å². The fourth-order valence-corrected chi connectivity index (χ4v) is 7.10. The highest BCUT2D eigenvalue weighted by molar-refractivity contribution is 6.07. The second-order valence-electron chi connectivity index (χ2n) is 12.4. The number of hydrogen-bond donors (Lipinski definition) is 4. The van der Waals surface area contributed by atoms with E-state index in [0.717, 1.165) is 40.0 Å². The van der Waals surface area contributed by atoms with Crippen molar-refractivity contribution < 1.29 is 19.1 Å². The summed E-state index contributed by atoms with van der Waals surface area (Å²) in [5.41, 5.74) is 8.25. The van der Waals surface area contributed by atoms with Crippen molar-refractivity contribution in [1.82, 2.24) is 20.6 Å². The van der Waals surface area contributed by atoms with Crippen molar-refractivity contribution in [3.63, 3.8) is 0 Å². The quantitative estimate of drug-likeness (QED) is 0.346. The minimum atomic E-state index is -0.984. The Bertz CT molecular complexity index is 1640. The molecule has 1 aromatic heterocycles. The molecule has 4 aliphatic rings. The summed E-state index contributed by atoms with van der Waals surface area (Å²) < 4.78 is 14.9. The van der Waals surface area contributed by atoms with E-state index >= 15 is 0 Å². The first kappa shape index (κ1) is 26.7. The lowest BCUT2D eigenvalue weighted by Gasteiger charge is -2.46. The SMILES string of the molecule is CCc1c(F)ccc2cc(O)cc(N3CCc4c(nc(N5CC(C)(N)C5)nc4N4CCCC5(C4)NC(=O)NC5=O)C3)c12. The maximum atomic E-state index is 14.9. The molecule has 1 unspecified atom stereocenters. The fourth-order valence-electron chi connectivity index (χ4n) is 7.10. The molecule has 5 N–H and O–H groups in total. The van der Waals surface area contributed by atoms with Crippen molar-refractivity contribution in [3.8, 4) is 5.75 Å². The van der Waals surface area contributed by atoms with E-state index in [4.69, 9.17) is 15.7 Å². The molecule has 3 amide bonds. The van der Waals surface area contributed by atoms with Crippen LogP contribution in [0.1, 0.15) is 43.5 Å². The molecule has 0 aliphatic carbocycles. The summed E-state index contributed by atoms with van der Waals surface area (Å²) in [6.45, 7) is 7.24. The van der Waals surface area contributed by atoms with E-state index in [0.29, 0.717) is 70.0 Å².